The minimum Gasteiger partial charge on any atom is -0.497 e. The summed E-state index contributed by atoms with van der Waals surface area (Å²) in [7, 11) is 1.59. The third-order valence-electron chi connectivity index (χ3n) is 5.83. The Morgan fingerprint density at radius 1 is 1.08 bits per heavy atom. The molecule has 3 aromatic rings. The Bertz CT molecular complexity index is 1180. The van der Waals surface area contributed by atoms with Gasteiger partial charge < -0.3 is 19.9 Å². The summed E-state index contributed by atoms with van der Waals surface area (Å²) in [5, 5.41) is 15.6. The van der Waals surface area contributed by atoms with E-state index in [9.17, 15) is 9.59 Å². The van der Waals surface area contributed by atoms with E-state index in [0.717, 1.165) is 17.0 Å². The highest BCUT2D eigenvalue weighted by Crippen LogP contribution is 2.26. The van der Waals surface area contributed by atoms with Crippen LogP contribution in [0.3, 0.4) is 0 Å². The van der Waals surface area contributed by atoms with Crippen LogP contribution in [0.25, 0.3) is 0 Å². The van der Waals surface area contributed by atoms with Crippen LogP contribution in [0.1, 0.15) is 60.9 Å². The molecule has 0 aliphatic carbocycles. The van der Waals surface area contributed by atoms with Gasteiger partial charge in [-0.2, -0.15) is 11.8 Å². The number of benzene rings is 2. The second kappa shape index (κ2) is 14.1. The SMILES string of the molecule is CCn1c(SCC(=O)Nc2ccccc2C(C)C)nnc1[C@@H](CCSC)NC(=O)c1ccc(OC)cc1. The quantitative estimate of drug-likeness (QED) is 0.280. The van der Waals surface area contributed by atoms with Gasteiger partial charge in [-0.25, -0.2) is 0 Å². The highest BCUT2D eigenvalue weighted by Gasteiger charge is 2.23. The second-order valence-corrected chi connectivity index (χ2v) is 10.6. The lowest BCUT2D eigenvalue weighted by Gasteiger charge is -2.19. The normalized spacial score (nSPS) is 11.8. The fraction of sp³-hybridized carbons (Fsp3) is 0.407. The molecule has 1 aromatic heterocycles. The van der Waals surface area contributed by atoms with Crippen molar-refractivity contribution in [3.05, 3.63) is 65.5 Å². The van der Waals surface area contributed by atoms with Crippen molar-refractivity contribution in [3.63, 3.8) is 0 Å². The van der Waals surface area contributed by atoms with Gasteiger partial charge in [-0.15, -0.1) is 10.2 Å². The Morgan fingerprint density at radius 3 is 2.46 bits per heavy atom. The zero-order valence-corrected chi connectivity index (χ0v) is 23.6. The first-order valence-electron chi connectivity index (χ1n) is 12.3. The number of anilines is 1. The van der Waals surface area contributed by atoms with Crippen LogP contribution in [-0.2, 0) is 11.3 Å². The number of methoxy groups -OCH3 is 1. The van der Waals surface area contributed by atoms with Crippen LogP contribution in [0.2, 0.25) is 0 Å². The van der Waals surface area contributed by atoms with Gasteiger partial charge in [0.2, 0.25) is 5.91 Å². The lowest BCUT2D eigenvalue weighted by atomic mass is 10.0. The van der Waals surface area contributed by atoms with Crippen molar-refractivity contribution in [1.82, 2.24) is 20.1 Å². The van der Waals surface area contributed by atoms with Crippen LogP contribution in [0, 0.1) is 0 Å². The molecule has 0 aliphatic rings. The molecule has 0 aliphatic heterocycles. The summed E-state index contributed by atoms with van der Waals surface area (Å²) in [5.41, 5.74) is 2.48. The predicted octanol–water partition coefficient (Wildman–Crippen LogP) is 5.39. The minimum atomic E-state index is -0.310. The predicted molar refractivity (Wildman–Crippen MR) is 152 cm³/mol. The van der Waals surface area contributed by atoms with Gasteiger partial charge in [0.05, 0.1) is 18.9 Å². The average Bonchev–Trinajstić information content (AvgIpc) is 3.32. The molecule has 0 saturated carbocycles. The summed E-state index contributed by atoms with van der Waals surface area (Å²) in [6.45, 7) is 6.83. The summed E-state index contributed by atoms with van der Waals surface area (Å²) in [5.74, 6) is 2.46. The van der Waals surface area contributed by atoms with Crippen LogP contribution in [0.15, 0.2) is 53.7 Å². The van der Waals surface area contributed by atoms with Gasteiger partial charge in [0.1, 0.15) is 5.75 Å². The number of amides is 2. The maximum Gasteiger partial charge on any atom is 0.251 e. The number of hydrogen-bond acceptors (Lipinski definition) is 7. The highest BCUT2D eigenvalue weighted by atomic mass is 32.2. The van der Waals surface area contributed by atoms with E-state index in [1.165, 1.54) is 11.8 Å². The van der Waals surface area contributed by atoms with E-state index in [1.807, 2.05) is 42.0 Å². The van der Waals surface area contributed by atoms with Gasteiger partial charge in [-0.05, 0) is 67.2 Å². The molecule has 0 radical (unpaired) electrons. The molecular formula is C27H35N5O3S2. The third kappa shape index (κ3) is 7.75. The van der Waals surface area contributed by atoms with Gasteiger partial charge in [0, 0.05) is 17.8 Å². The number of rotatable bonds is 13. The molecule has 1 atom stereocenters. The third-order valence-corrected chi connectivity index (χ3v) is 7.44. The number of carbonyl (C=O) groups excluding carboxylic acids is 2. The molecule has 198 valence electrons. The van der Waals surface area contributed by atoms with Crippen molar-refractivity contribution in [2.45, 2.75) is 50.9 Å². The first-order chi connectivity index (χ1) is 17.9. The molecule has 37 heavy (non-hydrogen) atoms. The van der Waals surface area contributed by atoms with Crippen LogP contribution < -0.4 is 15.4 Å². The van der Waals surface area contributed by atoms with Gasteiger partial charge in [-0.3, -0.25) is 9.59 Å². The van der Waals surface area contributed by atoms with Crippen molar-refractivity contribution >= 4 is 41.0 Å². The summed E-state index contributed by atoms with van der Waals surface area (Å²) in [6, 6.07) is 14.5. The van der Waals surface area contributed by atoms with Gasteiger partial charge in [0.25, 0.3) is 5.91 Å². The maximum absolute atomic E-state index is 13.0. The minimum absolute atomic E-state index is 0.1000. The monoisotopic (exact) mass is 541 g/mol. The van der Waals surface area contributed by atoms with E-state index in [1.54, 1.807) is 43.1 Å². The van der Waals surface area contributed by atoms with Crippen molar-refractivity contribution in [2.75, 3.05) is 30.2 Å². The first kappa shape index (κ1) is 28.6. The number of aromatic nitrogens is 3. The number of ether oxygens (including phenoxy) is 1. The number of carbonyl (C=O) groups is 2. The average molecular weight is 542 g/mol. The molecule has 2 aromatic carbocycles. The van der Waals surface area contributed by atoms with Gasteiger partial charge >= 0.3 is 0 Å². The summed E-state index contributed by atoms with van der Waals surface area (Å²) >= 11 is 3.05. The summed E-state index contributed by atoms with van der Waals surface area (Å²) in [4.78, 5) is 25.7. The van der Waals surface area contributed by atoms with Gasteiger partial charge in [-0.1, -0.05) is 43.8 Å². The lowest BCUT2D eigenvalue weighted by Crippen LogP contribution is -2.31. The van der Waals surface area contributed by atoms with E-state index in [2.05, 4.69) is 34.7 Å². The largest absolute Gasteiger partial charge is 0.497 e. The zero-order valence-electron chi connectivity index (χ0n) is 22.0. The number of nitrogens with zero attached hydrogens (tertiary/aromatic N) is 3. The lowest BCUT2D eigenvalue weighted by molar-refractivity contribution is -0.113. The molecule has 2 amide bonds. The van der Waals surface area contributed by atoms with Crippen LogP contribution in [-0.4, -0.2) is 51.5 Å². The first-order valence-corrected chi connectivity index (χ1v) is 14.6. The standard InChI is InChI=1S/C27H35N5O3S2/c1-6-32-25(23(15-16-36-5)29-26(34)19-11-13-20(35-4)14-12-19)30-31-27(32)37-17-24(33)28-22-10-8-7-9-21(22)18(2)3/h7-14,18,23H,6,15-17H2,1-5H3,(H,28,33)(H,29,34)/t23-/m1/s1. The molecule has 10 heteroatoms. The Hall–Kier alpha value is -2.98. The summed E-state index contributed by atoms with van der Waals surface area (Å²) in [6.07, 6.45) is 2.74. The van der Waals surface area contributed by atoms with Crippen LogP contribution in [0.5, 0.6) is 5.75 Å². The van der Waals surface area contributed by atoms with Crippen molar-refractivity contribution in [2.24, 2.45) is 0 Å². The molecule has 0 bridgehead atoms. The fourth-order valence-corrected chi connectivity index (χ4v) is 5.16. The van der Waals surface area contributed by atoms with Crippen LogP contribution in [0.4, 0.5) is 5.69 Å². The number of nitrogens with one attached hydrogen (secondary N) is 2. The Labute approximate surface area is 227 Å². The molecule has 0 fully saturated rings. The zero-order chi connectivity index (χ0) is 26.8. The molecule has 0 unspecified atom stereocenters. The van der Waals surface area contributed by atoms with Gasteiger partial charge in [0.15, 0.2) is 11.0 Å². The molecule has 3 rings (SSSR count). The van der Waals surface area contributed by atoms with E-state index < -0.39 is 0 Å². The number of hydrogen-bond donors (Lipinski definition) is 2. The van der Waals surface area contributed by atoms with Crippen molar-refractivity contribution in [3.8, 4) is 5.75 Å². The Morgan fingerprint density at radius 2 is 1.81 bits per heavy atom. The molecule has 1 heterocycles. The maximum atomic E-state index is 13.0. The smallest absolute Gasteiger partial charge is 0.251 e. The van der Waals surface area contributed by atoms with E-state index >= 15 is 0 Å². The molecule has 8 nitrogen and oxygen atoms in total. The summed E-state index contributed by atoms with van der Waals surface area (Å²) < 4.78 is 7.16. The van der Waals surface area contributed by atoms with Crippen molar-refractivity contribution < 1.29 is 14.3 Å². The van der Waals surface area contributed by atoms with E-state index in [4.69, 9.17) is 4.74 Å². The molecule has 0 spiro atoms. The topological polar surface area (TPSA) is 98.1 Å². The Balaban J connectivity index is 1.71. The Kier molecular flexibility index (Phi) is 10.9. The molecular weight excluding hydrogens is 506 g/mol. The number of thioether (sulfide) groups is 2. The van der Waals surface area contributed by atoms with E-state index in [-0.39, 0.29) is 23.6 Å². The van der Waals surface area contributed by atoms with E-state index in [0.29, 0.717) is 41.2 Å². The molecule has 2 N–H and O–H groups in total. The van der Waals surface area contributed by atoms with Crippen LogP contribution >= 0.6 is 23.5 Å². The fourth-order valence-electron chi connectivity index (χ4n) is 3.88. The number of para-hydroxylation sites is 1. The van der Waals surface area contributed by atoms with Crippen molar-refractivity contribution in [1.29, 1.82) is 0 Å². The second-order valence-electron chi connectivity index (χ2n) is 8.70. The highest BCUT2D eigenvalue weighted by molar-refractivity contribution is 7.99. The molecule has 0 saturated heterocycles.